The fraction of sp³-hybridized carbons (Fsp3) is 1.00. The molecule has 0 amide bonds. The smallest absolute Gasteiger partial charge is 0.153 e. The van der Waals surface area contributed by atoms with Crippen molar-refractivity contribution >= 4 is 9.84 Å². The molecular weight excluding hydrogens is 176 g/mol. The summed E-state index contributed by atoms with van der Waals surface area (Å²) in [4.78, 5) is 0. The van der Waals surface area contributed by atoms with E-state index < -0.39 is 15.4 Å². The Hall–Kier alpha value is -0.0900. The molecule has 0 atom stereocenters. The van der Waals surface area contributed by atoms with E-state index in [1.165, 1.54) is 13.8 Å². The van der Waals surface area contributed by atoms with Gasteiger partial charge in [-0.15, -0.1) is 0 Å². The Morgan fingerprint density at radius 3 is 2.08 bits per heavy atom. The van der Waals surface area contributed by atoms with E-state index in [0.717, 1.165) is 6.42 Å². The van der Waals surface area contributed by atoms with Crippen molar-refractivity contribution in [1.82, 2.24) is 0 Å². The van der Waals surface area contributed by atoms with E-state index in [9.17, 15) is 13.5 Å². The van der Waals surface area contributed by atoms with Gasteiger partial charge < -0.3 is 0 Å². The summed E-state index contributed by atoms with van der Waals surface area (Å²) in [6, 6.07) is 0. The lowest BCUT2D eigenvalue weighted by Crippen LogP contribution is -2.30. The van der Waals surface area contributed by atoms with Crippen molar-refractivity contribution in [1.29, 1.82) is 0 Å². The van der Waals surface area contributed by atoms with Crippen molar-refractivity contribution in [3.8, 4) is 0 Å². The molecule has 0 N–H and O–H groups in total. The number of hydrogen-bond acceptors (Lipinski definition) is 2. The van der Waals surface area contributed by atoms with Crippen LogP contribution in [0, 0.1) is 0 Å². The van der Waals surface area contributed by atoms with Gasteiger partial charge in [0.25, 0.3) is 0 Å². The van der Waals surface area contributed by atoms with E-state index in [4.69, 9.17) is 0 Å². The first kappa shape index (κ1) is 11.9. The Kier molecular flexibility index (Phi) is 4.20. The molecule has 0 aromatic carbocycles. The highest BCUT2D eigenvalue weighted by Gasteiger charge is 2.24. The zero-order chi connectivity index (χ0) is 9.83. The Balaban J connectivity index is 4.06. The van der Waals surface area contributed by atoms with Gasteiger partial charge in [-0.1, -0.05) is 13.3 Å². The van der Waals surface area contributed by atoms with Crippen LogP contribution < -0.4 is 0 Å². The van der Waals surface area contributed by atoms with Crippen LogP contribution in [-0.4, -0.2) is 25.5 Å². The molecule has 0 fully saturated rings. The average molecular weight is 193 g/mol. The summed E-state index contributed by atoms with van der Waals surface area (Å²) in [5.74, 6) is -0.102. The molecule has 73 valence electrons. The molecule has 0 aliphatic heterocycles. The van der Waals surface area contributed by atoms with Gasteiger partial charge in [0.2, 0.25) is 0 Å². The minimum Gasteiger partial charge on any atom is -0.229 e. The maximum absolute atomic E-state index is 11.2. The lowest BCUT2D eigenvalue weighted by Gasteiger charge is -2.13. The summed E-state index contributed by atoms with van der Waals surface area (Å²) in [7, 11) is -3.11. The molecule has 1 radical (unpaired) electrons. The second kappa shape index (κ2) is 4.23. The minimum atomic E-state index is -3.11. The SMILES string of the molecule is CCCCS(=O)(=O)CC(C)(C)[O]. The van der Waals surface area contributed by atoms with Crippen molar-refractivity contribution in [2.75, 3.05) is 11.5 Å². The van der Waals surface area contributed by atoms with Crippen LogP contribution in [0.15, 0.2) is 0 Å². The summed E-state index contributed by atoms with van der Waals surface area (Å²) in [5, 5.41) is 11.1. The van der Waals surface area contributed by atoms with Crippen LogP contribution in [0.4, 0.5) is 0 Å². The minimum absolute atomic E-state index is 0.148. The molecule has 0 bridgehead atoms. The van der Waals surface area contributed by atoms with Crippen molar-refractivity contribution in [3.63, 3.8) is 0 Å². The van der Waals surface area contributed by atoms with Crippen molar-refractivity contribution in [2.24, 2.45) is 0 Å². The Bertz CT molecular complexity index is 211. The van der Waals surface area contributed by atoms with Crippen molar-refractivity contribution in [2.45, 2.75) is 39.2 Å². The predicted octanol–water partition coefficient (Wildman–Crippen LogP) is 1.41. The normalized spacial score (nSPS) is 13.3. The zero-order valence-electron chi connectivity index (χ0n) is 7.96. The summed E-state index contributed by atoms with van der Waals surface area (Å²) in [5.41, 5.74) is -1.35. The van der Waals surface area contributed by atoms with E-state index in [0.29, 0.717) is 6.42 Å². The van der Waals surface area contributed by atoms with Gasteiger partial charge >= 0.3 is 0 Å². The van der Waals surface area contributed by atoms with E-state index in [-0.39, 0.29) is 11.5 Å². The first-order valence-electron chi connectivity index (χ1n) is 4.18. The number of sulfone groups is 1. The molecule has 0 saturated carbocycles. The number of hydrogen-bond donors (Lipinski definition) is 0. The molecule has 4 heteroatoms. The second-order valence-electron chi connectivity index (χ2n) is 3.71. The molecule has 0 heterocycles. The maximum Gasteiger partial charge on any atom is 0.153 e. The predicted molar refractivity (Wildman–Crippen MR) is 48.3 cm³/mol. The number of rotatable bonds is 5. The Labute approximate surface area is 74.7 Å². The van der Waals surface area contributed by atoms with Gasteiger partial charge in [-0.05, 0) is 20.3 Å². The highest BCUT2D eigenvalue weighted by molar-refractivity contribution is 7.91. The van der Waals surface area contributed by atoms with E-state index in [1.54, 1.807) is 0 Å². The van der Waals surface area contributed by atoms with Crippen LogP contribution >= 0.6 is 0 Å². The molecule has 0 aliphatic carbocycles. The molecule has 0 aliphatic rings. The van der Waals surface area contributed by atoms with E-state index in [1.807, 2.05) is 6.92 Å². The average Bonchev–Trinajstić information content (AvgIpc) is 1.78. The lowest BCUT2D eigenvalue weighted by atomic mass is 10.2. The van der Waals surface area contributed by atoms with E-state index in [2.05, 4.69) is 0 Å². The third-order valence-corrected chi connectivity index (χ3v) is 3.42. The van der Waals surface area contributed by atoms with Crippen LogP contribution in [0.3, 0.4) is 0 Å². The molecule has 0 saturated heterocycles. The zero-order valence-corrected chi connectivity index (χ0v) is 8.78. The third-order valence-electron chi connectivity index (χ3n) is 1.38. The summed E-state index contributed by atoms with van der Waals surface area (Å²) in [6.45, 7) is 4.73. The quantitative estimate of drug-likeness (QED) is 0.663. The standard InChI is InChI=1S/C8H17O3S/c1-4-5-6-12(10,11)7-8(2,3)9/h4-7H2,1-3H3. The third kappa shape index (κ3) is 6.61. The monoisotopic (exact) mass is 193 g/mol. The molecule has 0 rings (SSSR count). The van der Waals surface area contributed by atoms with Crippen molar-refractivity contribution < 1.29 is 13.5 Å². The highest BCUT2D eigenvalue weighted by atomic mass is 32.2. The highest BCUT2D eigenvalue weighted by Crippen LogP contribution is 2.08. The van der Waals surface area contributed by atoms with Gasteiger partial charge in [0.1, 0.15) is 5.60 Å². The largest absolute Gasteiger partial charge is 0.229 e. The van der Waals surface area contributed by atoms with Gasteiger partial charge in [0.15, 0.2) is 9.84 Å². The molecule has 12 heavy (non-hydrogen) atoms. The first-order valence-corrected chi connectivity index (χ1v) is 6.00. The molecule has 3 nitrogen and oxygen atoms in total. The van der Waals surface area contributed by atoms with Crippen LogP contribution in [0.5, 0.6) is 0 Å². The first-order chi connectivity index (χ1) is 5.27. The fourth-order valence-electron chi connectivity index (χ4n) is 0.966. The van der Waals surface area contributed by atoms with Crippen molar-refractivity contribution in [3.05, 3.63) is 0 Å². The Morgan fingerprint density at radius 2 is 1.75 bits per heavy atom. The van der Waals surface area contributed by atoms with Crippen LogP contribution in [0.1, 0.15) is 33.6 Å². The van der Waals surface area contributed by atoms with E-state index >= 15 is 0 Å². The van der Waals surface area contributed by atoms with Crippen LogP contribution in [-0.2, 0) is 14.9 Å². The second-order valence-corrected chi connectivity index (χ2v) is 5.89. The maximum atomic E-state index is 11.2. The molecule has 0 spiro atoms. The van der Waals surface area contributed by atoms with Gasteiger partial charge in [-0.2, -0.15) is 0 Å². The van der Waals surface area contributed by atoms with Gasteiger partial charge in [0.05, 0.1) is 11.5 Å². The lowest BCUT2D eigenvalue weighted by molar-refractivity contribution is 0.0249. The topological polar surface area (TPSA) is 54.0 Å². The van der Waals surface area contributed by atoms with Gasteiger partial charge in [-0.3, -0.25) is 0 Å². The summed E-state index contributed by atoms with van der Waals surface area (Å²) in [6.07, 6.45) is 1.50. The Morgan fingerprint density at radius 1 is 1.25 bits per heavy atom. The number of unbranched alkanes of at least 4 members (excludes halogenated alkanes) is 1. The van der Waals surface area contributed by atoms with Crippen LogP contribution in [0.25, 0.3) is 0 Å². The molecule has 0 unspecified atom stereocenters. The summed E-state index contributed by atoms with van der Waals surface area (Å²) < 4.78 is 22.4. The van der Waals surface area contributed by atoms with Gasteiger partial charge in [-0.25, -0.2) is 13.5 Å². The molecule has 0 aromatic rings. The molecule has 0 aromatic heterocycles. The fourth-order valence-corrected chi connectivity index (χ4v) is 2.90. The van der Waals surface area contributed by atoms with Crippen LogP contribution in [0.2, 0.25) is 0 Å². The van der Waals surface area contributed by atoms with Gasteiger partial charge in [0, 0.05) is 0 Å². The summed E-state index contributed by atoms with van der Waals surface area (Å²) >= 11 is 0. The molecular formula is C8H17O3S.